The van der Waals surface area contributed by atoms with E-state index in [1.807, 2.05) is 11.8 Å². The first-order valence-electron chi connectivity index (χ1n) is 6.49. The Morgan fingerprint density at radius 2 is 2.11 bits per heavy atom. The fourth-order valence-electron chi connectivity index (χ4n) is 3.26. The summed E-state index contributed by atoms with van der Waals surface area (Å²) in [7, 11) is 0. The molecule has 2 aliphatic rings. The monoisotopic (exact) mass is 260 g/mol. The van der Waals surface area contributed by atoms with Crippen molar-refractivity contribution in [3.63, 3.8) is 0 Å². The molecule has 1 aromatic rings. The number of hydrogen-bond donors (Lipinski definition) is 0. The highest BCUT2D eigenvalue weighted by Crippen LogP contribution is 2.38. The van der Waals surface area contributed by atoms with E-state index in [4.69, 9.17) is 5.26 Å². The van der Waals surface area contributed by atoms with Gasteiger partial charge in [0.1, 0.15) is 6.07 Å². The highest BCUT2D eigenvalue weighted by molar-refractivity contribution is 7.14. The molecule has 18 heavy (non-hydrogen) atoms. The summed E-state index contributed by atoms with van der Waals surface area (Å²) in [6.07, 6.45) is 3.89. The Morgan fingerprint density at radius 1 is 1.44 bits per heavy atom. The normalized spacial score (nSPS) is 26.1. The van der Waals surface area contributed by atoms with Gasteiger partial charge in [-0.3, -0.25) is 4.79 Å². The van der Waals surface area contributed by atoms with Gasteiger partial charge < -0.3 is 4.90 Å². The fraction of sp³-hybridized carbons (Fsp3) is 0.571. The average Bonchev–Trinajstić information content (AvgIpc) is 3.00. The summed E-state index contributed by atoms with van der Waals surface area (Å²) >= 11 is 1.45. The number of carbonyl (C=O) groups is 1. The smallest absolute Gasteiger partial charge is 0.263 e. The van der Waals surface area contributed by atoms with E-state index in [2.05, 4.69) is 6.07 Å². The molecule has 1 saturated carbocycles. The van der Waals surface area contributed by atoms with Gasteiger partial charge in [0, 0.05) is 18.0 Å². The van der Waals surface area contributed by atoms with Crippen LogP contribution in [0.5, 0.6) is 0 Å². The third-order valence-corrected chi connectivity index (χ3v) is 5.30. The van der Waals surface area contributed by atoms with Crippen molar-refractivity contribution < 1.29 is 4.79 Å². The number of fused-ring (bicyclic) bond motifs is 1. The summed E-state index contributed by atoms with van der Waals surface area (Å²) in [5, 5.41) is 8.94. The molecule has 3 rings (SSSR count). The molecule has 0 spiro atoms. The van der Waals surface area contributed by atoms with Crippen LogP contribution < -0.4 is 0 Å². The van der Waals surface area contributed by atoms with Gasteiger partial charge in [0.05, 0.1) is 10.4 Å². The summed E-state index contributed by atoms with van der Waals surface area (Å²) in [6.45, 7) is 3.74. The highest BCUT2D eigenvalue weighted by Gasteiger charge is 2.38. The van der Waals surface area contributed by atoms with Gasteiger partial charge in [0.15, 0.2) is 0 Å². The van der Waals surface area contributed by atoms with Gasteiger partial charge in [-0.25, -0.2) is 0 Å². The topological polar surface area (TPSA) is 44.1 Å². The summed E-state index contributed by atoms with van der Waals surface area (Å²) in [5.74, 6) is 1.58. The van der Waals surface area contributed by atoms with Crippen molar-refractivity contribution in [1.82, 2.24) is 4.90 Å². The lowest BCUT2D eigenvalue weighted by molar-refractivity contribution is 0.0785. The molecule has 1 saturated heterocycles. The third-order valence-electron chi connectivity index (χ3n) is 4.26. The van der Waals surface area contributed by atoms with Crippen molar-refractivity contribution in [1.29, 1.82) is 5.26 Å². The number of likely N-dealkylation sites (tertiary alicyclic amines) is 1. The summed E-state index contributed by atoms with van der Waals surface area (Å²) in [4.78, 5) is 16.0. The Kier molecular flexibility index (Phi) is 2.87. The van der Waals surface area contributed by atoms with Gasteiger partial charge in [-0.05, 0) is 37.7 Å². The first-order valence-corrected chi connectivity index (χ1v) is 7.30. The van der Waals surface area contributed by atoms with Gasteiger partial charge in [-0.15, -0.1) is 11.3 Å². The first-order chi connectivity index (χ1) is 8.69. The standard InChI is InChI=1S/C14H16N2OS/c1-9-12(6-15)5-13(18-9)14(17)16-7-10-3-2-4-11(10)8-16/h5,10-11H,2-4,7-8H2,1H3/t10-,11+. The Balaban J connectivity index is 1.77. The van der Waals surface area contributed by atoms with Crippen molar-refractivity contribution in [3.05, 3.63) is 21.4 Å². The second-order valence-corrected chi connectivity index (χ2v) is 6.61. The minimum Gasteiger partial charge on any atom is -0.337 e. The number of nitriles is 1. The van der Waals surface area contributed by atoms with Gasteiger partial charge in [0.25, 0.3) is 5.91 Å². The zero-order chi connectivity index (χ0) is 12.7. The van der Waals surface area contributed by atoms with Crippen LogP contribution in [0, 0.1) is 30.1 Å². The maximum Gasteiger partial charge on any atom is 0.263 e. The van der Waals surface area contributed by atoms with Crippen LogP contribution in [0.2, 0.25) is 0 Å². The van der Waals surface area contributed by atoms with Crippen LogP contribution in [0.3, 0.4) is 0 Å². The van der Waals surface area contributed by atoms with Crippen molar-refractivity contribution in [2.45, 2.75) is 26.2 Å². The lowest BCUT2D eigenvalue weighted by atomic mass is 10.0. The maximum atomic E-state index is 12.4. The number of carbonyl (C=O) groups excluding carboxylic acids is 1. The summed E-state index contributed by atoms with van der Waals surface area (Å²) < 4.78 is 0. The van der Waals surface area contributed by atoms with Crippen LogP contribution in [0.25, 0.3) is 0 Å². The average molecular weight is 260 g/mol. The Hall–Kier alpha value is -1.34. The second kappa shape index (κ2) is 4.40. The molecule has 1 aliphatic heterocycles. The van der Waals surface area contributed by atoms with Gasteiger partial charge in [0.2, 0.25) is 0 Å². The minimum absolute atomic E-state index is 0.124. The predicted molar refractivity (Wildman–Crippen MR) is 70.5 cm³/mol. The number of amides is 1. The number of nitrogens with zero attached hydrogens (tertiary/aromatic N) is 2. The van der Waals surface area contributed by atoms with E-state index >= 15 is 0 Å². The molecule has 94 valence electrons. The predicted octanol–water partition coefficient (Wildman–Crippen LogP) is 2.80. The van der Waals surface area contributed by atoms with Gasteiger partial charge in [-0.1, -0.05) is 6.42 Å². The van der Waals surface area contributed by atoms with Crippen molar-refractivity contribution >= 4 is 17.2 Å². The van der Waals surface area contributed by atoms with E-state index in [1.54, 1.807) is 6.07 Å². The Labute approximate surface area is 111 Å². The van der Waals surface area contributed by atoms with Crippen LogP contribution in [-0.4, -0.2) is 23.9 Å². The molecule has 0 bridgehead atoms. The summed E-state index contributed by atoms with van der Waals surface area (Å²) in [6, 6.07) is 3.89. The van der Waals surface area contributed by atoms with Crippen LogP contribution >= 0.6 is 11.3 Å². The second-order valence-electron chi connectivity index (χ2n) is 5.35. The molecule has 3 nitrogen and oxygen atoms in total. The third kappa shape index (κ3) is 1.83. The molecule has 4 heteroatoms. The first kappa shape index (κ1) is 11.7. The van der Waals surface area contributed by atoms with Gasteiger partial charge in [-0.2, -0.15) is 5.26 Å². The van der Waals surface area contributed by atoms with Crippen LogP contribution in [0.1, 0.15) is 39.4 Å². The van der Waals surface area contributed by atoms with E-state index < -0.39 is 0 Å². The highest BCUT2D eigenvalue weighted by atomic mass is 32.1. The molecular formula is C14H16N2OS. The van der Waals surface area contributed by atoms with Crippen molar-refractivity contribution in [2.24, 2.45) is 11.8 Å². The quantitative estimate of drug-likeness (QED) is 0.779. The summed E-state index contributed by atoms with van der Waals surface area (Å²) in [5.41, 5.74) is 0.641. The lowest BCUT2D eigenvalue weighted by Gasteiger charge is -2.15. The maximum absolute atomic E-state index is 12.4. The van der Waals surface area contributed by atoms with Crippen LogP contribution in [0.15, 0.2) is 6.07 Å². The molecule has 0 aromatic carbocycles. The molecule has 1 aromatic heterocycles. The molecule has 2 fully saturated rings. The molecule has 0 radical (unpaired) electrons. The van der Waals surface area contributed by atoms with E-state index in [-0.39, 0.29) is 5.91 Å². The minimum atomic E-state index is 0.124. The number of aryl methyl sites for hydroxylation is 1. The van der Waals surface area contributed by atoms with E-state index in [0.717, 1.165) is 34.7 Å². The zero-order valence-electron chi connectivity index (χ0n) is 10.5. The largest absolute Gasteiger partial charge is 0.337 e. The SMILES string of the molecule is Cc1sc(C(=O)N2C[C@H]3CCC[C@H]3C2)cc1C#N. The molecular weight excluding hydrogens is 244 g/mol. The molecule has 1 aliphatic carbocycles. The molecule has 0 unspecified atom stereocenters. The molecule has 2 heterocycles. The Morgan fingerprint density at radius 3 is 2.67 bits per heavy atom. The van der Waals surface area contributed by atoms with E-state index in [1.165, 1.54) is 30.6 Å². The number of rotatable bonds is 1. The molecule has 1 amide bonds. The fourth-order valence-corrected chi connectivity index (χ4v) is 4.19. The van der Waals surface area contributed by atoms with Crippen LogP contribution in [-0.2, 0) is 0 Å². The zero-order valence-corrected chi connectivity index (χ0v) is 11.3. The van der Waals surface area contributed by atoms with E-state index in [9.17, 15) is 4.79 Å². The van der Waals surface area contributed by atoms with Gasteiger partial charge >= 0.3 is 0 Å². The number of thiophene rings is 1. The van der Waals surface area contributed by atoms with Crippen molar-refractivity contribution in [2.75, 3.05) is 13.1 Å². The van der Waals surface area contributed by atoms with Crippen molar-refractivity contribution in [3.8, 4) is 6.07 Å². The number of hydrogen-bond acceptors (Lipinski definition) is 3. The van der Waals surface area contributed by atoms with Crippen LogP contribution in [0.4, 0.5) is 0 Å². The Bertz CT molecular complexity index is 516. The molecule has 2 atom stereocenters. The lowest BCUT2D eigenvalue weighted by Crippen LogP contribution is -2.28. The van der Waals surface area contributed by atoms with E-state index in [0.29, 0.717) is 5.56 Å². The molecule has 0 N–H and O–H groups in total.